The van der Waals surface area contributed by atoms with Gasteiger partial charge in [-0.15, -0.1) is 0 Å². The predicted molar refractivity (Wildman–Crippen MR) is 144 cm³/mol. The molecule has 3 aliphatic rings. The number of piperidine rings is 1. The van der Waals surface area contributed by atoms with Gasteiger partial charge in [-0.25, -0.2) is 13.2 Å². The molecule has 3 heterocycles. The molecule has 0 aliphatic carbocycles. The normalized spacial score (nSPS) is 20.0. The molecule has 3 aromatic rings. The van der Waals surface area contributed by atoms with E-state index >= 15 is 4.39 Å². The van der Waals surface area contributed by atoms with Crippen LogP contribution in [0.3, 0.4) is 0 Å². The highest BCUT2D eigenvalue weighted by molar-refractivity contribution is 6.05. The lowest BCUT2D eigenvalue weighted by atomic mass is 9.96. The molecule has 6 rings (SSSR count). The number of rotatable bonds is 6. The number of hydrogen-bond donors (Lipinski definition) is 1. The molecule has 41 heavy (non-hydrogen) atoms. The summed E-state index contributed by atoms with van der Waals surface area (Å²) in [5.41, 5.74) is 2.82. The maximum absolute atomic E-state index is 15.7. The van der Waals surface area contributed by atoms with E-state index in [0.717, 1.165) is 11.1 Å². The molecule has 0 radical (unpaired) electrons. The van der Waals surface area contributed by atoms with Gasteiger partial charge in [0.25, 0.3) is 5.91 Å². The van der Waals surface area contributed by atoms with Crippen LogP contribution in [-0.2, 0) is 22.7 Å². The summed E-state index contributed by atoms with van der Waals surface area (Å²) in [5.74, 6) is -2.39. The van der Waals surface area contributed by atoms with Crippen LogP contribution in [0.15, 0.2) is 60.7 Å². The molecule has 0 aromatic heterocycles. The summed E-state index contributed by atoms with van der Waals surface area (Å²) in [6.45, 7) is 2.97. The Bertz CT molecular complexity index is 1440. The topological polar surface area (TPSA) is 73.0 Å². The molecule has 2 fully saturated rings. The first-order valence-electron chi connectivity index (χ1n) is 13.7. The fraction of sp³-hybridized carbons (Fsp3) is 0.323. The van der Waals surface area contributed by atoms with E-state index in [4.69, 9.17) is 0 Å². The van der Waals surface area contributed by atoms with Gasteiger partial charge in [0.2, 0.25) is 11.8 Å². The molecule has 0 bridgehead atoms. The van der Waals surface area contributed by atoms with Gasteiger partial charge in [-0.1, -0.05) is 30.3 Å². The maximum Gasteiger partial charge on any atom is 0.255 e. The SMILES string of the molecule is O=C1CCC(N2Cc3c(ccc(CN4CCN(C(c5ccc(F)cc5)c5ccc(F)cc5)CC4)c3F)C2=O)C(=O)N1. The van der Waals surface area contributed by atoms with Crippen LogP contribution < -0.4 is 5.32 Å². The van der Waals surface area contributed by atoms with Crippen molar-refractivity contribution in [3.63, 3.8) is 0 Å². The maximum atomic E-state index is 15.7. The average Bonchev–Trinajstić information content (AvgIpc) is 3.30. The van der Waals surface area contributed by atoms with E-state index in [1.165, 1.54) is 29.2 Å². The van der Waals surface area contributed by atoms with Crippen molar-refractivity contribution >= 4 is 17.7 Å². The molecule has 7 nitrogen and oxygen atoms in total. The van der Waals surface area contributed by atoms with Crippen molar-refractivity contribution in [1.82, 2.24) is 20.0 Å². The van der Waals surface area contributed by atoms with Crippen molar-refractivity contribution in [2.24, 2.45) is 0 Å². The third kappa shape index (κ3) is 5.37. The molecule has 3 aliphatic heterocycles. The Hall–Kier alpha value is -4.02. The summed E-state index contributed by atoms with van der Waals surface area (Å²) in [6.07, 6.45) is 0.361. The molecule has 1 N–H and O–H groups in total. The molecule has 10 heteroatoms. The monoisotopic (exact) mass is 562 g/mol. The van der Waals surface area contributed by atoms with Crippen molar-refractivity contribution in [3.05, 3.63) is 106 Å². The molecule has 3 amide bonds. The number of nitrogens with zero attached hydrogens (tertiary/aromatic N) is 3. The van der Waals surface area contributed by atoms with Crippen LogP contribution in [0.25, 0.3) is 0 Å². The molecule has 1 unspecified atom stereocenters. The zero-order chi connectivity index (χ0) is 28.7. The van der Waals surface area contributed by atoms with Gasteiger partial charge in [0.15, 0.2) is 0 Å². The number of halogens is 3. The summed E-state index contributed by atoms with van der Waals surface area (Å²) >= 11 is 0. The van der Waals surface area contributed by atoms with Crippen LogP contribution >= 0.6 is 0 Å². The Kier molecular flexibility index (Phi) is 7.35. The highest BCUT2D eigenvalue weighted by Gasteiger charge is 2.40. The number of amides is 3. The minimum atomic E-state index is -0.793. The fourth-order valence-electron chi connectivity index (χ4n) is 6.10. The van der Waals surface area contributed by atoms with E-state index in [-0.39, 0.29) is 54.1 Å². The van der Waals surface area contributed by atoms with Crippen molar-refractivity contribution in [3.8, 4) is 0 Å². The lowest BCUT2D eigenvalue weighted by molar-refractivity contribution is -0.136. The van der Waals surface area contributed by atoms with Gasteiger partial charge in [0, 0.05) is 55.8 Å². The van der Waals surface area contributed by atoms with Gasteiger partial charge in [0.1, 0.15) is 23.5 Å². The van der Waals surface area contributed by atoms with Crippen LogP contribution in [-0.4, -0.2) is 64.6 Å². The van der Waals surface area contributed by atoms with E-state index in [0.29, 0.717) is 38.3 Å². The van der Waals surface area contributed by atoms with Gasteiger partial charge in [-0.3, -0.25) is 29.5 Å². The zero-order valence-corrected chi connectivity index (χ0v) is 22.3. The zero-order valence-electron chi connectivity index (χ0n) is 22.3. The highest BCUT2D eigenvalue weighted by atomic mass is 19.1. The number of benzene rings is 3. The van der Waals surface area contributed by atoms with Crippen molar-refractivity contribution in [2.75, 3.05) is 26.2 Å². The number of nitrogens with one attached hydrogen (secondary N) is 1. The second kappa shape index (κ2) is 11.1. The van der Waals surface area contributed by atoms with Gasteiger partial charge in [-0.05, 0) is 47.9 Å². The molecule has 0 spiro atoms. The van der Waals surface area contributed by atoms with Gasteiger partial charge in [-0.2, -0.15) is 0 Å². The summed E-state index contributed by atoms with van der Waals surface area (Å²) in [6, 6.07) is 14.9. The minimum absolute atomic E-state index is 0.00901. The van der Waals surface area contributed by atoms with Gasteiger partial charge in [0.05, 0.1) is 12.6 Å². The number of carbonyl (C=O) groups excluding carboxylic acids is 3. The molecular formula is C31H29F3N4O3. The van der Waals surface area contributed by atoms with Crippen molar-refractivity contribution < 1.29 is 27.6 Å². The average molecular weight is 563 g/mol. The quantitative estimate of drug-likeness (QED) is 0.464. The summed E-state index contributed by atoms with van der Waals surface area (Å²) in [5, 5.41) is 2.26. The second-order valence-electron chi connectivity index (χ2n) is 10.8. The first-order chi connectivity index (χ1) is 19.8. The molecule has 0 saturated carbocycles. The van der Waals surface area contributed by atoms with Gasteiger partial charge < -0.3 is 4.90 Å². The Morgan fingerprint density at radius 1 is 0.805 bits per heavy atom. The van der Waals surface area contributed by atoms with Gasteiger partial charge >= 0.3 is 0 Å². The first kappa shape index (κ1) is 27.2. The molecule has 2 saturated heterocycles. The third-order valence-corrected chi connectivity index (χ3v) is 8.27. The lowest BCUT2D eigenvalue weighted by Gasteiger charge is -2.40. The van der Waals surface area contributed by atoms with Crippen LogP contribution in [0.2, 0.25) is 0 Å². The Morgan fingerprint density at radius 3 is 2.00 bits per heavy atom. The molecule has 212 valence electrons. The first-order valence-corrected chi connectivity index (χ1v) is 13.7. The van der Waals surface area contributed by atoms with Crippen LogP contribution in [0.4, 0.5) is 13.2 Å². The smallest absolute Gasteiger partial charge is 0.255 e. The standard InChI is InChI=1S/C31H29F3N4O3/c32-22-6-1-19(2-7-22)29(20-3-8-23(33)9-4-20)37-15-13-36(14-16-37)17-21-5-10-24-25(28(21)34)18-38(31(24)41)26-11-12-27(39)35-30(26)40/h1-10,26,29H,11-18H2,(H,35,39,40). The summed E-state index contributed by atoms with van der Waals surface area (Å²) in [7, 11) is 0. The number of imide groups is 1. The number of piperazine rings is 1. The summed E-state index contributed by atoms with van der Waals surface area (Å²) in [4.78, 5) is 42.6. The number of fused-ring (bicyclic) bond motifs is 1. The van der Waals surface area contributed by atoms with Crippen LogP contribution in [0, 0.1) is 17.5 Å². The van der Waals surface area contributed by atoms with E-state index in [1.807, 2.05) is 0 Å². The third-order valence-electron chi connectivity index (χ3n) is 8.27. The summed E-state index contributed by atoms with van der Waals surface area (Å²) < 4.78 is 43.0. The lowest BCUT2D eigenvalue weighted by Crippen LogP contribution is -2.52. The van der Waals surface area contributed by atoms with Crippen LogP contribution in [0.5, 0.6) is 0 Å². The Balaban J connectivity index is 1.14. The number of carbonyl (C=O) groups is 3. The van der Waals surface area contributed by atoms with Crippen molar-refractivity contribution in [1.29, 1.82) is 0 Å². The molecular weight excluding hydrogens is 533 g/mol. The molecule has 3 aromatic carbocycles. The largest absolute Gasteiger partial charge is 0.322 e. The van der Waals surface area contributed by atoms with E-state index < -0.39 is 23.7 Å². The second-order valence-corrected chi connectivity index (χ2v) is 10.8. The number of hydrogen-bond acceptors (Lipinski definition) is 5. The van der Waals surface area contributed by atoms with E-state index in [9.17, 15) is 23.2 Å². The molecule has 1 atom stereocenters. The van der Waals surface area contributed by atoms with Crippen LogP contribution in [0.1, 0.15) is 51.5 Å². The Labute approximate surface area is 235 Å². The fourth-order valence-corrected chi connectivity index (χ4v) is 6.10. The minimum Gasteiger partial charge on any atom is -0.322 e. The van der Waals surface area contributed by atoms with E-state index in [2.05, 4.69) is 15.1 Å². The predicted octanol–water partition coefficient (Wildman–Crippen LogP) is 3.77. The highest BCUT2D eigenvalue weighted by Crippen LogP contribution is 2.33. The van der Waals surface area contributed by atoms with E-state index in [1.54, 1.807) is 36.4 Å². The Morgan fingerprint density at radius 2 is 1.41 bits per heavy atom. The van der Waals surface area contributed by atoms with Crippen molar-refractivity contribution in [2.45, 2.75) is 38.0 Å².